The number of nitrogens with zero attached hydrogens (tertiary/aromatic N) is 4. The molecule has 2 aliphatic rings. The lowest BCUT2D eigenvalue weighted by Gasteiger charge is -2.31. The van der Waals surface area contributed by atoms with Crippen LogP contribution in [0.25, 0.3) is 0 Å². The average molecular weight is 449 g/mol. The lowest BCUT2D eigenvalue weighted by Crippen LogP contribution is -2.41. The molecule has 30 heavy (non-hydrogen) atoms. The van der Waals surface area contributed by atoms with Crippen LogP contribution >= 0.6 is 23.2 Å². The van der Waals surface area contributed by atoms with E-state index in [-0.39, 0.29) is 5.91 Å². The highest BCUT2D eigenvalue weighted by atomic mass is 35.5. The second-order valence-corrected chi connectivity index (χ2v) is 8.75. The summed E-state index contributed by atoms with van der Waals surface area (Å²) in [6.07, 6.45) is 3.70. The van der Waals surface area contributed by atoms with E-state index in [1.165, 1.54) is 5.56 Å². The molecule has 2 aliphatic heterocycles. The van der Waals surface area contributed by atoms with Crippen LogP contribution in [0.1, 0.15) is 46.2 Å². The van der Waals surface area contributed by atoms with Crippen LogP contribution in [0.5, 0.6) is 0 Å². The van der Waals surface area contributed by atoms with Gasteiger partial charge in [0.05, 0.1) is 34.5 Å². The predicted molar refractivity (Wildman–Crippen MR) is 117 cm³/mol. The first-order chi connectivity index (χ1) is 14.5. The lowest BCUT2D eigenvalue weighted by atomic mass is 9.95. The Bertz CT molecular complexity index is 910. The molecular formula is C22H26Cl2N4O2. The number of amides is 1. The third-order valence-electron chi connectivity index (χ3n) is 5.87. The van der Waals surface area contributed by atoms with Gasteiger partial charge in [-0.3, -0.25) is 9.69 Å². The molecule has 2 saturated heterocycles. The van der Waals surface area contributed by atoms with Gasteiger partial charge in [-0.1, -0.05) is 29.3 Å². The molecule has 1 aromatic heterocycles. The number of hydrogen-bond donors (Lipinski definition) is 0. The number of carbonyl (C=O) groups is 1. The van der Waals surface area contributed by atoms with Gasteiger partial charge in [-0.25, -0.2) is 9.97 Å². The van der Waals surface area contributed by atoms with Crippen LogP contribution in [0.4, 0.5) is 0 Å². The van der Waals surface area contributed by atoms with E-state index in [4.69, 9.17) is 32.9 Å². The molecule has 0 aliphatic carbocycles. The van der Waals surface area contributed by atoms with E-state index in [2.05, 4.69) is 9.88 Å². The highest BCUT2D eigenvalue weighted by molar-refractivity contribution is 6.42. The molecule has 6 nitrogen and oxygen atoms in total. The topological polar surface area (TPSA) is 58.6 Å². The fourth-order valence-electron chi connectivity index (χ4n) is 4.07. The molecule has 1 aromatic carbocycles. The van der Waals surface area contributed by atoms with Crippen molar-refractivity contribution in [1.29, 1.82) is 0 Å². The van der Waals surface area contributed by atoms with E-state index in [1.54, 1.807) is 6.20 Å². The Morgan fingerprint density at radius 1 is 1.13 bits per heavy atom. The van der Waals surface area contributed by atoms with Crippen LogP contribution < -0.4 is 0 Å². The van der Waals surface area contributed by atoms with Crippen LogP contribution in [0.3, 0.4) is 0 Å². The summed E-state index contributed by atoms with van der Waals surface area (Å²) < 4.78 is 5.33. The van der Waals surface area contributed by atoms with Gasteiger partial charge in [-0.15, -0.1) is 0 Å². The third kappa shape index (κ3) is 4.94. The number of piperidine rings is 1. The van der Waals surface area contributed by atoms with E-state index in [0.717, 1.165) is 44.0 Å². The van der Waals surface area contributed by atoms with Crippen molar-refractivity contribution in [2.45, 2.75) is 32.2 Å². The number of hydrogen-bond acceptors (Lipinski definition) is 5. The molecule has 0 spiro atoms. The van der Waals surface area contributed by atoms with Gasteiger partial charge >= 0.3 is 0 Å². The highest BCUT2D eigenvalue weighted by Gasteiger charge is 2.25. The zero-order chi connectivity index (χ0) is 21.1. The standard InChI is InChI=1S/C22H26Cl2N4O2/c1-15-18(22(29)28-8-10-30-11-9-28)13-25-21(26-15)17-4-6-27(7-5-17)14-16-2-3-19(23)20(24)12-16/h2-3,12-13,17H,4-11,14H2,1H3. The summed E-state index contributed by atoms with van der Waals surface area (Å²) in [5, 5.41) is 1.18. The number of ether oxygens (including phenoxy) is 1. The predicted octanol–water partition coefficient (Wildman–Crippen LogP) is 3.94. The molecule has 0 saturated carbocycles. The Labute approximate surface area is 187 Å². The van der Waals surface area contributed by atoms with Crippen LogP contribution in [0, 0.1) is 6.92 Å². The van der Waals surface area contributed by atoms with Gasteiger partial charge in [0.15, 0.2) is 0 Å². The average Bonchev–Trinajstić information content (AvgIpc) is 2.77. The Kier molecular flexibility index (Phi) is 6.88. The molecule has 0 N–H and O–H groups in total. The van der Waals surface area contributed by atoms with Gasteiger partial charge in [0, 0.05) is 31.7 Å². The summed E-state index contributed by atoms with van der Waals surface area (Å²) in [6, 6.07) is 5.81. The van der Waals surface area contributed by atoms with Crippen molar-refractivity contribution in [3.63, 3.8) is 0 Å². The zero-order valence-corrected chi connectivity index (χ0v) is 18.6. The van der Waals surface area contributed by atoms with Gasteiger partial charge in [0.1, 0.15) is 5.82 Å². The summed E-state index contributed by atoms with van der Waals surface area (Å²) >= 11 is 12.1. The van der Waals surface area contributed by atoms with Crippen molar-refractivity contribution >= 4 is 29.1 Å². The number of carbonyl (C=O) groups excluding carboxylic acids is 1. The largest absolute Gasteiger partial charge is 0.378 e. The van der Waals surface area contributed by atoms with Gasteiger partial charge in [-0.05, 0) is 50.6 Å². The SMILES string of the molecule is Cc1nc(C2CCN(Cc3ccc(Cl)c(Cl)c3)CC2)ncc1C(=O)N1CCOCC1. The van der Waals surface area contributed by atoms with E-state index in [1.807, 2.05) is 30.0 Å². The van der Waals surface area contributed by atoms with Crippen LogP contribution in [-0.2, 0) is 11.3 Å². The van der Waals surface area contributed by atoms with Crippen LogP contribution in [0.15, 0.2) is 24.4 Å². The molecule has 0 atom stereocenters. The number of aryl methyl sites for hydroxylation is 1. The molecule has 8 heteroatoms. The first-order valence-electron chi connectivity index (χ1n) is 10.4. The number of halogens is 2. The molecular weight excluding hydrogens is 423 g/mol. The van der Waals surface area contributed by atoms with Crippen molar-refractivity contribution in [1.82, 2.24) is 19.8 Å². The minimum atomic E-state index is -0.00112. The first kappa shape index (κ1) is 21.5. The summed E-state index contributed by atoms with van der Waals surface area (Å²) in [5.74, 6) is 1.17. The Balaban J connectivity index is 1.35. The number of rotatable bonds is 4. The number of benzene rings is 1. The highest BCUT2D eigenvalue weighted by Crippen LogP contribution is 2.28. The minimum Gasteiger partial charge on any atom is -0.378 e. The first-order valence-corrected chi connectivity index (χ1v) is 11.1. The molecule has 3 heterocycles. The lowest BCUT2D eigenvalue weighted by molar-refractivity contribution is 0.0301. The maximum atomic E-state index is 12.7. The van der Waals surface area contributed by atoms with Crippen molar-refractivity contribution in [2.24, 2.45) is 0 Å². The van der Waals surface area contributed by atoms with Gasteiger partial charge in [0.25, 0.3) is 5.91 Å². The van der Waals surface area contributed by atoms with E-state index < -0.39 is 0 Å². The number of morpholine rings is 1. The third-order valence-corrected chi connectivity index (χ3v) is 6.61. The molecule has 1 amide bonds. The van der Waals surface area contributed by atoms with Gasteiger partial charge in [0.2, 0.25) is 0 Å². The van der Waals surface area contributed by atoms with Crippen LogP contribution in [0.2, 0.25) is 10.0 Å². The normalized spacial score (nSPS) is 18.6. The zero-order valence-electron chi connectivity index (χ0n) is 17.1. The maximum Gasteiger partial charge on any atom is 0.257 e. The van der Waals surface area contributed by atoms with Gasteiger partial charge in [-0.2, -0.15) is 0 Å². The van der Waals surface area contributed by atoms with Crippen molar-refractivity contribution < 1.29 is 9.53 Å². The van der Waals surface area contributed by atoms with E-state index in [9.17, 15) is 4.79 Å². The fraction of sp³-hybridized carbons (Fsp3) is 0.500. The second-order valence-electron chi connectivity index (χ2n) is 7.93. The summed E-state index contributed by atoms with van der Waals surface area (Å²) in [7, 11) is 0. The summed E-state index contributed by atoms with van der Waals surface area (Å²) in [4.78, 5) is 26.2. The second kappa shape index (κ2) is 9.60. The van der Waals surface area contributed by atoms with Crippen LogP contribution in [-0.4, -0.2) is 65.1 Å². The van der Waals surface area contributed by atoms with Crippen molar-refractivity contribution in [2.75, 3.05) is 39.4 Å². The Morgan fingerprint density at radius 2 is 1.87 bits per heavy atom. The quantitative estimate of drug-likeness (QED) is 0.708. The molecule has 2 fully saturated rings. The number of likely N-dealkylation sites (tertiary alicyclic amines) is 1. The van der Waals surface area contributed by atoms with Gasteiger partial charge < -0.3 is 9.64 Å². The number of aromatic nitrogens is 2. The molecule has 0 radical (unpaired) electrons. The van der Waals surface area contributed by atoms with Crippen molar-refractivity contribution in [3.05, 3.63) is 57.1 Å². The molecule has 0 unspecified atom stereocenters. The molecule has 0 bridgehead atoms. The Hall–Kier alpha value is -1.73. The summed E-state index contributed by atoms with van der Waals surface area (Å²) in [6.45, 7) is 7.13. The summed E-state index contributed by atoms with van der Waals surface area (Å²) in [5.41, 5.74) is 2.52. The monoisotopic (exact) mass is 448 g/mol. The molecule has 160 valence electrons. The Morgan fingerprint density at radius 3 is 2.53 bits per heavy atom. The minimum absolute atomic E-state index is 0.00112. The van der Waals surface area contributed by atoms with Crippen molar-refractivity contribution in [3.8, 4) is 0 Å². The molecule has 2 aromatic rings. The smallest absolute Gasteiger partial charge is 0.257 e. The van der Waals surface area contributed by atoms with E-state index in [0.29, 0.717) is 47.8 Å². The van der Waals surface area contributed by atoms with E-state index >= 15 is 0 Å². The maximum absolute atomic E-state index is 12.7. The fourth-order valence-corrected chi connectivity index (χ4v) is 4.39. The molecule has 4 rings (SSSR count).